The van der Waals surface area contributed by atoms with Gasteiger partial charge in [0.25, 0.3) is 0 Å². The van der Waals surface area contributed by atoms with Crippen LogP contribution >= 0.6 is 11.6 Å². The number of aromatic nitrogens is 2. The van der Waals surface area contributed by atoms with Gasteiger partial charge in [0.1, 0.15) is 5.75 Å². The van der Waals surface area contributed by atoms with Crippen LogP contribution in [0.3, 0.4) is 0 Å². The molecule has 0 unspecified atom stereocenters. The number of rotatable bonds is 4. The van der Waals surface area contributed by atoms with Crippen LogP contribution in [0.1, 0.15) is 79.5 Å². The van der Waals surface area contributed by atoms with Crippen molar-refractivity contribution in [1.29, 1.82) is 0 Å². The third-order valence-corrected chi connectivity index (χ3v) is 8.33. The van der Waals surface area contributed by atoms with Crippen LogP contribution in [0.5, 0.6) is 5.75 Å². The first-order chi connectivity index (χ1) is 15.6. The second-order valence-corrected chi connectivity index (χ2v) is 10.2. The Balaban J connectivity index is 1.41. The summed E-state index contributed by atoms with van der Waals surface area (Å²) < 4.78 is 12.4. The number of hydrogen-bond acceptors (Lipinski definition) is 4. The molecule has 32 heavy (non-hydrogen) atoms. The Bertz CT molecular complexity index is 1190. The normalized spacial score (nSPS) is 20.5. The molecule has 6 rings (SSSR count). The molecule has 1 atom stereocenters. The average Bonchev–Trinajstić information content (AvgIpc) is 3.52. The van der Waals surface area contributed by atoms with Crippen LogP contribution in [-0.4, -0.2) is 10.1 Å². The van der Waals surface area contributed by atoms with E-state index in [0.717, 1.165) is 65.5 Å². The number of benzene rings is 1. The van der Waals surface area contributed by atoms with Crippen LogP contribution in [0.25, 0.3) is 11.1 Å². The van der Waals surface area contributed by atoms with Gasteiger partial charge in [-0.25, -0.2) is 0 Å². The van der Waals surface area contributed by atoms with E-state index < -0.39 is 0 Å². The van der Waals surface area contributed by atoms with Gasteiger partial charge >= 0.3 is 0 Å². The smallest absolute Gasteiger partial charge is 0.181 e. The summed E-state index contributed by atoms with van der Waals surface area (Å²) in [6.45, 7) is 4.61. The molecule has 3 aliphatic rings. The van der Waals surface area contributed by atoms with Crippen molar-refractivity contribution in [2.75, 3.05) is 0 Å². The van der Waals surface area contributed by atoms with Gasteiger partial charge in [-0.05, 0) is 86.1 Å². The molecule has 2 aromatic heterocycles. The molecule has 4 nitrogen and oxygen atoms in total. The molecule has 0 N–H and O–H groups in total. The summed E-state index contributed by atoms with van der Waals surface area (Å²) in [6.07, 6.45) is 11.5. The van der Waals surface area contributed by atoms with Gasteiger partial charge in [-0.15, -0.1) is 0 Å². The molecule has 1 aliphatic heterocycles. The highest BCUT2D eigenvalue weighted by Crippen LogP contribution is 2.50. The lowest BCUT2D eigenvalue weighted by molar-refractivity contribution is 0.189. The fraction of sp³-hybridized carbons (Fsp3) is 0.481. The van der Waals surface area contributed by atoms with Crippen molar-refractivity contribution in [2.24, 2.45) is 5.41 Å². The van der Waals surface area contributed by atoms with E-state index in [1.165, 1.54) is 48.1 Å². The molecule has 1 aromatic carbocycles. The van der Waals surface area contributed by atoms with E-state index in [4.69, 9.17) is 25.8 Å². The first-order valence-electron chi connectivity index (χ1n) is 12.0. The summed E-state index contributed by atoms with van der Waals surface area (Å²) in [7, 11) is 0. The monoisotopic (exact) mass is 448 g/mol. The Morgan fingerprint density at radius 2 is 1.88 bits per heavy atom. The van der Waals surface area contributed by atoms with Crippen molar-refractivity contribution in [3.8, 4) is 16.9 Å². The van der Waals surface area contributed by atoms with Crippen molar-refractivity contribution >= 4 is 11.6 Å². The number of nitrogens with zero attached hydrogens (tertiary/aromatic N) is 2. The Hall–Kier alpha value is -2.33. The topological polar surface area (TPSA) is 48.2 Å². The molecule has 3 heterocycles. The molecule has 0 spiro atoms. The quantitative estimate of drug-likeness (QED) is 0.437. The van der Waals surface area contributed by atoms with Crippen LogP contribution in [0, 0.1) is 5.41 Å². The highest BCUT2D eigenvalue weighted by atomic mass is 35.5. The van der Waals surface area contributed by atoms with Crippen LogP contribution in [0.4, 0.5) is 0 Å². The molecule has 2 aliphatic carbocycles. The molecule has 166 valence electrons. The minimum atomic E-state index is -0.128. The molecule has 3 aromatic rings. The summed E-state index contributed by atoms with van der Waals surface area (Å²) in [4.78, 5) is 4.76. The van der Waals surface area contributed by atoms with Crippen LogP contribution in [0.15, 0.2) is 28.9 Å². The molecule has 0 saturated carbocycles. The van der Waals surface area contributed by atoms with Gasteiger partial charge < -0.3 is 9.26 Å². The van der Waals surface area contributed by atoms with Crippen molar-refractivity contribution in [1.82, 2.24) is 10.1 Å². The van der Waals surface area contributed by atoms with Crippen LogP contribution in [-0.2, 0) is 32.1 Å². The van der Waals surface area contributed by atoms with Crippen LogP contribution < -0.4 is 4.74 Å². The zero-order valence-electron chi connectivity index (χ0n) is 18.8. The predicted octanol–water partition coefficient (Wildman–Crippen LogP) is 6.85. The van der Waals surface area contributed by atoms with Crippen LogP contribution in [0.2, 0.25) is 5.02 Å². The van der Waals surface area contributed by atoms with E-state index in [-0.39, 0.29) is 6.10 Å². The average molecular weight is 449 g/mol. The third-order valence-electron chi connectivity index (χ3n) is 8.11. The summed E-state index contributed by atoms with van der Waals surface area (Å²) >= 11 is 6.62. The predicted molar refractivity (Wildman–Crippen MR) is 125 cm³/mol. The third kappa shape index (κ3) is 3.10. The Morgan fingerprint density at radius 3 is 2.72 bits per heavy atom. The van der Waals surface area contributed by atoms with E-state index in [9.17, 15) is 0 Å². The van der Waals surface area contributed by atoms with Gasteiger partial charge in [-0.2, -0.15) is 0 Å². The zero-order chi connectivity index (χ0) is 21.9. The maximum Gasteiger partial charge on any atom is 0.181 e. The molecule has 0 fully saturated rings. The molecule has 5 heteroatoms. The van der Waals surface area contributed by atoms with Gasteiger partial charge in [0.2, 0.25) is 0 Å². The van der Waals surface area contributed by atoms with Crippen molar-refractivity contribution in [3.05, 3.63) is 63.3 Å². The number of aryl methyl sites for hydroxylation is 1. The molecule has 0 amide bonds. The van der Waals surface area contributed by atoms with E-state index >= 15 is 0 Å². The van der Waals surface area contributed by atoms with Gasteiger partial charge in [0, 0.05) is 40.0 Å². The number of hydrogen-bond donors (Lipinski definition) is 0. The lowest BCUT2D eigenvalue weighted by Gasteiger charge is -2.25. The second kappa shape index (κ2) is 7.62. The van der Waals surface area contributed by atoms with Gasteiger partial charge in [0.15, 0.2) is 11.9 Å². The standard InChI is InChI=1S/C27H29ClN2O2/c1-3-27(4-2)14-21-18(9-10-29-23(21)15-27)20-13-17(28)11-16-12-24(31-25(16)20)26-19-7-5-6-8-22(19)30-32-26/h9-11,13,24H,3-8,12,14-15H2,1-2H3/t24-/m1/s1. The number of pyridine rings is 1. The second-order valence-electron chi connectivity index (χ2n) is 9.78. The Morgan fingerprint density at radius 1 is 1.03 bits per heavy atom. The molecular weight excluding hydrogens is 420 g/mol. The summed E-state index contributed by atoms with van der Waals surface area (Å²) in [5.74, 6) is 1.85. The van der Waals surface area contributed by atoms with Gasteiger partial charge in [-0.3, -0.25) is 4.98 Å². The largest absolute Gasteiger partial charge is 0.481 e. The van der Waals surface area contributed by atoms with E-state index in [1.807, 2.05) is 12.3 Å². The molecule has 0 saturated heterocycles. The summed E-state index contributed by atoms with van der Waals surface area (Å²) in [5.41, 5.74) is 8.76. The zero-order valence-corrected chi connectivity index (χ0v) is 19.6. The van der Waals surface area contributed by atoms with Crippen molar-refractivity contribution in [3.63, 3.8) is 0 Å². The maximum absolute atomic E-state index is 6.62. The minimum absolute atomic E-state index is 0.128. The SMILES string of the molecule is CCC1(CC)Cc2nccc(-c3cc(Cl)cc4c3O[C@@H](c3onc5c3CCCC5)C4)c2C1. The fourth-order valence-electron chi connectivity index (χ4n) is 6.02. The van der Waals surface area contributed by atoms with E-state index in [0.29, 0.717) is 5.41 Å². The fourth-order valence-corrected chi connectivity index (χ4v) is 6.26. The molecule has 0 bridgehead atoms. The van der Waals surface area contributed by atoms with E-state index in [1.54, 1.807) is 0 Å². The first-order valence-corrected chi connectivity index (χ1v) is 12.4. The number of ether oxygens (including phenoxy) is 1. The van der Waals surface area contributed by atoms with Gasteiger partial charge in [-0.1, -0.05) is 30.6 Å². The lowest BCUT2D eigenvalue weighted by atomic mass is 9.79. The van der Waals surface area contributed by atoms with Crippen molar-refractivity contribution in [2.45, 2.75) is 77.7 Å². The lowest BCUT2D eigenvalue weighted by Crippen LogP contribution is -2.18. The first kappa shape index (κ1) is 20.3. The van der Waals surface area contributed by atoms with Crippen molar-refractivity contribution < 1.29 is 9.26 Å². The highest BCUT2D eigenvalue weighted by molar-refractivity contribution is 6.31. The molecule has 0 radical (unpaired) electrons. The van der Waals surface area contributed by atoms with Gasteiger partial charge in [0.05, 0.1) is 5.69 Å². The maximum atomic E-state index is 6.62. The summed E-state index contributed by atoms with van der Waals surface area (Å²) in [6, 6.07) is 6.25. The Labute approximate surface area is 194 Å². The Kier molecular flexibility index (Phi) is 4.83. The summed E-state index contributed by atoms with van der Waals surface area (Å²) in [5, 5.41) is 5.11. The number of halogens is 1. The molecular formula is C27H29ClN2O2. The number of fused-ring (bicyclic) bond motifs is 3. The highest BCUT2D eigenvalue weighted by Gasteiger charge is 2.38. The minimum Gasteiger partial charge on any atom is -0.481 e. The van der Waals surface area contributed by atoms with E-state index in [2.05, 4.69) is 31.1 Å².